The van der Waals surface area contributed by atoms with Crippen molar-refractivity contribution in [1.29, 1.82) is 0 Å². The third-order valence-corrected chi connectivity index (χ3v) is 2.80. The highest BCUT2D eigenvalue weighted by Gasteiger charge is 2.14. The predicted molar refractivity (Wildman–Crippen MR) is 70.9 cm³/mol. The van der Waals surface area contributed by atoms with Gasteiger partial charge in [-0.25, -0.2) is 0 Å². The molecular formula is C14H13NO5. The Morgan fingerprint density at radius 3 is 2.50 bits per heavy atom. The van der Waals surface area contributed by atoms with Gasteiger partial charge in [0.1, 0.15) is 12.3 Å². The number of aliphatic carboxylic acids is 1. The zero-order chi connectivity index (χ0) is 14.9. The highest BCUT2D eigenvalue weighted by Crippen LogP contribution is 2.26. The molecule has 0 atom stereocenters. The molecule has 0 bridgehead atoms. The first-order chi connectivity index (χ1) is 9.38. The van der Waals surface area contributed by atoms with Crippen LogP contribution in [-0.4, -0.2) is 27.4 Å². The molecule has 0 unspecified atom stereocenters. The first kappa shape index (κ1) is 13.8. The fourth-order valence-corrected chi connectivity index (χ4v) is 2.06. The summed E-state index contributed by atoms with van der Waals surface area (Å²) in [5.74, 6) is -1.32. The first-order valence-electron chi connectivity index (χ1n) is 5.92. The predicted octanol–water partition coefficient (Wildman–Crippen LogP) is 1.85. The summed E-state index contributed by atoms with van der Waals surface area (Å²) in [4.78, 5) is 33.4. The summed E-state index contributed by atoms with van der Waals surface area (Å²) < 4.78 is 6.45. The fourth-order valence-electron chi connectivity index (χ4n) is 2.06. The van der Waals surface area contributed by atoms with Crippen molar-refractivity contribution in [1.82, 2.24) is 4.57 Å². The standard InChI is InChI=1S/C14H13NO5/c1-8(16)12-6-15(7-14(18)19)13-4-3-10(5-11(12)13)20-9(2)17/h3-6H,7H2,1-2H3,(H,18,19). The molecule has 1 heterocycles. The number of hydrogen-bond donors (Lipinski definition) is 1. The summed E-state index contributed by atoms with van der Waals surface area (Å²) in [6.07, 6.45) is 1.50. The number of carbonyl (C=O) groups is 3. The molecule has 0 radical (unpaired) electrons. The number of carboxylic acid groups (broad SMARTS) is 1. The van der Waals surface area contributed by atoms with Crippen LogP contribution in [0.5, 0.6) is 5.75 Å². The molecule has 20 heavy (non-hydrogen) atoms. The van der Waals surface area contributed by atoms with Crippen molar-refractivity contribution in [3.8, 4) is 5.75 Å². The van der Waals surface area contributed by atoms with Gasteiger partial charge in [0.15, 0.2) is 5.78 Å². The number of ketones is 1. The molecule has 1 aromatic carbocycles. The van der Waals surface area contributed by atoms with Gasteiger partial charge < -0.3 is 14.4 Å². The van der Waals surface area contributed by atoms with Crippen molar-refractivity contribution in [2.45, 2.75) is 20.4 Å². The van der Waals surface area contributed by atoms with Crippen LogP contribution in [0.2, 0.25) is 0 Å². The summed E-state index contributed by atoms with van der Waals surface area (Å²) >= 11 is 0. The number of rotatable bonds is 4. The Balaban J connectivity index is 2.60. The largest absolute Gasteiger partial charge is 0.480 e. The van der Waals surface area contributed by atoms with Gasteiger partial charge >= 0.3 is 11.9 Å². The highest BCUT2D eigenvalue weighted by atomic mass is 16.5. The van der Waals surface area contributed by atoms with E-state index in [0.717, 1.165) is 0 Å². The normalized spacial score (nSPS) is 10.5. The zero-order valence-corrected chi connectivity index (χ0v) is 11.0. The summed E-state index contributed by atoms with van der Waals surface area (Å²) in [7, 11) is 0. The van der Waals surface area contributed by atoms with Gasteiger partial charge in [-0.3, -0.25) is 14.4 Å². The molecule has 0 spiro atoms. The van der Waals surface area contributed by atoms with E-state index in [1.807, 2.05) is 0 Å². The second-order valence-corrected chi connectivity index (χ2v) is 4.39. The number of aromatic nitrogens is 1. The molecule has 104 valence electrons. The minimum Gasteiger partial charge on any atom is -0.480 e. The van der Waals surface area contributed by atoms with Gasteiger partial charge in [-0.2, -0.15) is 0 Å². The Morgan fingerprint density at radius 1 is 1.25 bits per heavy atom. The van der Waals surface area contributed by atoms with E-state index < -0.39 is 11.9 Å². The average molecular weight is 275 g/mol. The van der Waals surface area contributed by atoms with E-state index in [-0.39, 0.29) is 12.3 Å². The highest BCUT2D eigenvalue weighted by molar-refractivity contribution is 6.07. The number of Topliss-reactive ketones (excluding diaryl/α,β-unsaturated/α-hetero) is 1. The molecule has 6 nitrogen and oxygen atoms in total. The van der Waals surface area contributed by atoms with Crippen LogP contribution < -0.4 is 4.74 Å². The lowest BCUT2D eigenvalue weighted by atomic mass is 10.1. The van der Waals surface area contributed by atoms with Gasteiger partial charge in [-0.15, -0.1) is 0 Å². The van der Waals surface area contributed by atoms with Gasteiger partial charge in [0, 0.05) is 29.6 Å². The van der Waals surface area contributed by atoms with Crippen molar-refractivity contribution in [3.05, 3.63) is 30.0 Å². The lowest BCUT2D eigenvalue weighted by Gasteiger charge is -2.03. The van der Waals surface area contributed by atoms with E-state index in [1.165, 1.54) is 24.6 Å². The molecule has 0 amide bonds. The van der Waals surface area contributed by atoms with Crippen molar-refractivity contribution in [2.75, 3.05) is 0 Å². The van der Waals surface area contributed by atoms with Crippen LogP contribution in [0.15, 0.2) is 24.4 Å². The number of hydrogen-bond acceptors (Lipinski definition) is 4. The van der Waals surface area contributed by atoms with Gasteiger partial charge in [0.2, 0.25) is 0 Å². The molecule has 2 aromatic rings. The molecule has 1 aromatic heterocycles. The minimum absolute atomic E-state index is 0.181. The van der Waals surface area contributed by atoms with E-state index in [2.05, 4.69) is 0 Å². The van der Waals surface area contributed by atoms with Crippen molar-refractivity contribution in [3.63, 3.8) is 0 Å². The van der Waals surface area contributed by atoms with E-state index in [4.69, 9.17) is 9.84 Å². The Labute approximate surface area is 114 Å². The van der Waals surface area contributed by atoms with Crippen LogP contribution >= 0.6 is 0 Å². The van der Waals surface area contributed by atoms with E-state index in [9.17, 15) is 14.4 Å². The number of benzene rings is 1. The molecule has 0 saturated heterocycles. The van der Waals surface area contributed by atoms with Crippen molar-refractivity contribution < 1.29 is 24.2 Å². The molecule has 2 rings (SSSR count). The quantitative estimate of drug-likeness (QED) is 0.523. The number of ether oxygens (including phenoxy) is 1. The lowest BCUT2D eigenvalue weighted by molar-refractivity contribution is -0.137. The molecule has 0 saturated carbocycles. The van der Waals surface area contributed by atoms with Crippen LogP contribution in [0.4, 0.5) is 0 Å². The second kappa shape index (κ2) is 5.16. The molecular weight excluding hydrogens is 262 g/mol. The van der Waals surface area contributed by atoms with Gasteiger partial charge in [0.25, 0.3) is 0 Å². The first-order valence-corrected chi connectivity index (χ1v) is 5.92. The van der Waals surface area contributed by atoms with Crippen LogP contribution in [0.1, 0.15) is 24.2 Å². The monoisotopic (exact) mass is 275 g/mol. The van der Waals surface area contributed by atoms with Gasteiger partial charge in [0.05, 0.1) is 0 Å². The summed E-state index contributed by atoms with van der Waals surface area (Å²) in [5, 5.41) is 9.44. The maximum absolute atomic E-state index is 11.6. The molecule has 0 fully saturated rings. The topological polar surface area (TPSA) is 85.6 Å². The molecule has 6 heteroatoms. The molecule has 0 aliphatic heterocycles. The Morgan fingerprint density at radius 2 is 1.95 bits per heavy atom. The number of carboxylic acids is 1. The Hall–Kier alpha value is -2.63. The maximum atomic E-state index is 11.6. The number of esters is 1. The van der Waals surface area contributed by atoms with Gasteiger partial charge in [-0.1, -0.05) is 0 Å². The van der Waals surface area contributed by atoms with Crippen molar-refractivity contribution in [2.24, 2.45) is 0 Å². The summed E-state index contributed by atoms with van der Waals surface area (Å²) in [5.41, 5.74) is 1.00. The molecule has 1 N–H and O–H groups in total. The van der Waals surface area contributed by atoms with Crippen molar-refractivity contribution >= 4 is 28.6 Å². The summed E-state index contributed by atoms with van der Waals surface area (Å²) in [6.45, 7) is 2.45. The smallest absolute Gasteiger partial charge is 0.323 e. The number of nitrogens with zero attached hydrogens (tertiary/aromatic N) is 1. The fraction of sp³-hybridized carbons (Fsp3) is 0.214. The second-order valence-electron chi connectivity index (χ2n) is 4.39. The minimum atomic E-state index is -0.999. The van der Waals surface area contributed by atoms with Crippen LogP contribution in [0.3, 0.4) is 0 Å². The Kier molecular flexibility index (Phi) is 3.56. The number of carbonyl (C=O) groups excluding carboxylic acids is 2. The summed E-state index contributed by atoms with van der Waals surface area (Å²) in [6, 6.07) is 4.75. The van der Waals surface area contributed by atoms with E-state index in [0.29, 0.717) is 22.2 Å². The third-order valence-electron chi connectivity index (χ3n) is 2.80. The van der Waals surface area contributed by atoms with Crippen LogP contribution in [0, 0.1) is 0 Å². The molecule has 0 aliphatic rings. The van der Waals surface area contributed by atoms with Gasteiger partial charge in [-0.05, 0) is 25.1 Å². The zero-order valence-electron chi connectivity index (χ0n) is 11.0. The Bertz CT molecular complexity index is 714. The third kappa shape index (κ3) is 2.69. The SMILES string of the molecule is CC(=O)Oc1ccc2c(c1)c(C(C)=O)cn2CC(=O)O. The molecule has 0 aliphatic carbocycles. The van der Waals surface area contributed by atoms with Crippen LogP contribution in [0.25, 0.3) is 10.9 Å². The number of fused-ring (bicyclic) bond motifs is 1. The lowest BCUT2D eigenvalue weighted by Crippen LogP contribution is -2.07. The van der Waals surface area contributed by atoms with E-state index in [1.54, 1.807) is 18.2 Å². The maximum Gasteiger partial charge on any atom is 0.323 e. The van der Waals surface area contributed by atoms with E-state index >= 15 is 0 Å². The average Bonchev–Trinajstić information content (AvgIpc) is 2.66. The van der Waals surface area contributed by atoms with Crippen LogP contribution in [-0.2, 0) is 16.1 Å².